The first kappa shape index (κ1) is 25.0. The van der Waals surface area contributed by atoms with Gasteiger partial charge in [-0.2, -0.15) is 0 Å². The van der Waals surface area contributed by atoms with Crippen LogP contribution < -0.4 is 4.74 Å². The third-order valence-corrected chi connectivity index (χ3v) is 5.88. The highest BCUT2D eigenvalue weighted by Crippen LogP contribution is 2.28. The average molecular weight is 425 g/mol. The molecule has 1 unspecified atom stereocenters. The van der Waals surface area contributed by atoms with Crippen LogP contribution in [0.15, 0.2) is 36.5 Å². The monoisotopic (exact) mass is 424 g/mol. The molecule has 0 saturated heterocycles. The summed E-state index contributed by atoms with van der Waals surface area (Å²) in [6.45, 7) is 6.71. The van der Waals surface area contributed by atoms with Crippen molar-refractivity contribution >= 4 is 5.97 Å². The van der Waals surface area contributed by atoms with Gasteiger partial charge in [-0.05, 0) is 43.4 Å². The molecule has 0 fully saturated rings. The van der Waals surface area contributed by atoms with Crippen LogP contribution in [0.5, 0.6) is 5.75 Å². The molecule has 4 nitrogen and oxygen atoms in total. The molecular formula is C27H40N2O2. The topological polar surface area (TPSA) is 52.1 Å². The first-order chi connectivity index (χ1) is 15.1. The van der Waals surface area contributed by atoms with Gasteiger partial charge in [-0.3, -0.25) is 4.79 Å². The number of nitrogens with zero attached hydrogens (tertiary/aromatic N) is 2. The van der Waals surface area contributed by atoms with E-state index in [1.54, 1.807) is 0 Å². The minimum absolute atomic E-state index is 0.181. The molecule has 1 heterocycles. The molecular weight excluding hydrogens is 384 g/mol. The van der Waals surface area contributed by atoms with Crippen molar-refractivity contribution in [2.75, 3.05) is 0 Å². The van der Waals surface area contributed by atoms with Crippen molar-refractivity contribution in [2.45, 2.75) is 97.8 Å². The molecule has 1 atom stereocenters. The summed E-state index contributed by atoms with van der Waals surface area (Å²) in [4.78, 5) is 21.6. The first-order valence-corrected chi connectivity index (χ1v) is 12.3. The van der Waals surface area contributed by atoms with Gasteiger partial charge >= 0.3 is 5.97 Å². The summed E-state index contributed by atoms with van der Waals surface area (Å²) in [5.74, 6) is 1.71. The van der Waals surface area contributed by atoms with Crippen LogP contribution in [-0.2, 0) is 11.2 Å². The summed E-state index contributed by atoms with van der Waals surface area (Å²) in [5.41, 5.74) is 1.83. The molecule has 170 valence electrons. The molecule has 1 aromatic heterocycles. The second-order valence-electron chi connectivity index (χ2n) is 8.62. The maximum Gasteiger partial charge on any atom is 0.311 e. The number of benzene rings is 1. The van der Waals surface area contributed by atoms with E-state index in [0.29, 0.717) is 18.0 Å². The zero-order chi connectivity index (χ0) is 22.3. The number of ether oxygens (including phenoxy) is 1. The summed E-state index contributed by atoms with van der Waals surface area (Å²) in [6, 6.07) is 9.56. The second-order valence-corrected chi connectivity index (χ2v) is 8.62. The maximum absolute atomic E-state index is 12.4. The van der Waals surface area contributed by atoms with E-state index >= 15 is 0 Å². The van der Waals surface area contributed by atoms with E-state index in [1.807, 2.05) is 36.5 Å². The Bertz CT molecular complexity index is 775. The minimum Gasteiger partial charge on any atom is -0.426 e. The van der Waals surface area contributed by atoms with Crippen LogP contribution in [0.2, 0.25) is 0 Å². The molecule has 2 aromatic rings. The maximum atomic E-state index is 12.4. The Morgan fingerprint density at radius 3 is 2.55 bits per heavy atom. The van der Waals surface area contributed by atoms with E-state index in [4.69, 9.17) is 9.72 Å². The highest BCUT2D eigenvalue weighted by molar-refractivity contribution is 5.76. The molecule has 0 aliphatic carbocycles. The summed E-state index contributed by atoms with van der Waals surface area (Å²) < 4.78 is 5.69. The van der Waals surface area contributed by atoms with Crippen molar-refractivity contribution in [3.05, 3.63) is 42.2 Å². The van der Waals surface area contributed by atoms with Gasteiger partial charge in [0.2, 0.25) is 0 Å². The van der Waals surface area contributed by atoms with Gasteiger partial charge in [0.05, 0.1) is 5.56 Å². The number of hydrogen-bond acceptors (Lipinski definition) is 4. The number of unbranched alkanes of at least 4 members (excludes halogenated alkanes) is 6. The zero-order valence-electron chi connectivity index (χ0n) is 19.7. The number of esters is 1. The van der Waals surface area contributed by atoms with Crippen LogP contribution in [0.25, 0.3) is 11.4 Å². The fourth-order valence-corrected chi connectivity index (χ4v) is 3.63. The van der Waals surface area contributed by atoms with Gasteiger partial charge in [-0.15, -0.1) is 0 Å². The Kier molecular flexibility index (Phi) is 11.9. The standard InChI is InChI=1S/C27H40N2O2/c1-4-6-7-8-9-10-16-23-20-21-28-27(29-23)24-17-12-13-18-25(24)31-26(30)19-14-11-15-22(3)5-2/h12-13,17-18,20-22H,4-11,14-16,19H2,1-3H3. The predicted octanol–water partition coefficient (Wildman–Crippen LogP) is 7.56. The summed E-state index contributed by atoms with van der Waals surface area (Å²) in [5, 5.41) is 0. The van der Waals surface area contributed by atoms with Crippen LogP contribution in [0.3, 0.4) is 0 Å². The Balaban J connectivity index is 1.91. The molecule has 0 N–H and O–H groups in total. The summed E-state index contributed by atoms with van der Waals surface area (Å²) in [7, 11) is 0. The van der Waals surface area contributed by atoms with Gasteiger partial charge in [0.15, 0.2) is 5.82 Å². The summed E-state index contributed by atoms with van der Waals surface area (Å²) >= 11 is 0. The number of carbonyl (C=O) groups is 1. The largest absolute Gasteiger partial charge is 0.426 e. The van der Waals surface area contributed by atoms with Gasteiger partial charge in [0, 0.05) is 18.3 Å². The second kappa shape index (κ2) is 14.7. The van der Waals surface area contributed by atoms with Crippen molar-refractivity contribution in [3.8, 4) is 17.1 Å². The molecule has 0 aliphatic rings. The van der Waals surface area contributed by atoms with Crippen molar-refractivity contribution < 1.29 is 9.53 Å². The minimum atomic E-state index is -0.181. The van der Waals surface area contributed by atoms with Gasteiger partial charge in [0.25, 0.3) is 0 Å². The molecule has 0 bridgehead atoms. The fraction of sp³-hybridized carbons (Fsp3) is 0.593. The first-order valence-electron chi connectivity index (χ1n) is 12.3. The number of aryl methyl sites for hydroxylation is 1. The lowest BCUT2D eigenvalue weighted by atomic mass is 10.0. The molecule has 1 aromatic carbocycles. The number of carbonyl (C=O) groups excluding carboxylic acids is 1. The SMILES string of the molecule is CCCCCCCCc1ccnc(-c2ccccc2OC(=O)CCCCC(C)CC)n1. The van der Waals surface area contributed by atoms with E-state index in [-0.39, 0.29) is 5.97 Å². The lowest BCUT2D eigenvalue weighted by Gasteiger charge is -2.11. The third kappa shape index (κ3) is 9.63. The van der Waals surface area contributed by atoms with Crippen molar-refractivity contribution in [2.24, 2.45) is 5.92 Å². The molecule has 0 saturated carbocycles. The Morgan fingerprint density at radius 1 is 0.968 bits per heavy atom. The Morgan fingerprint density at radius 2 is 1.74 bits per heavy atom. The number of rotatable bonds is 15. The van der Waals surface area contributed by atoms with Crippen molar-refractivity contribution in [3.63, 3.8) is 0 Å². The summed E-state index contributed by atoms with van der Waals surface area (Å²) in [6.07, 6.45) is 15.1. The molecule has 31 heavy (non-hydrogen) atoms. The van der Waals surface area contributed by atoms with Crippen LogP contribution in [0.4, 0.5) is 0 Å². The molecule has 0 spiro atoms. The van der Waals surface area contributed by atoms with Crippen LogP contribution >= 0.6 is 0 Å². The quantitative estimate of drug-likeness (QED) is 0.168. The highest BCUT2D eigenvalue weighted by atomic mass is 16.5. The van der Waals surface area contributed by atoms with Crippen molar-refractivity contribution in [1.82, 2.24) is 9.97 Å². The number of aromatic nitrogens is 2. The van der Waals surface area contributed by atoms with Crippen LogP contribution in [0.1, 0.15) is 97.1 Å². The lowest BCUT2D eigenvalue weighted by molar-refractivity contribution is -0.134. The normalized spacial score (nSPS) is 12.0. The highest BCUT2D eigenvalue weighted by Gasteiger charge is 2.13. The smallest absolute Gasteiger partial charge is 0.311 e. The zero-order valence-corrected chi connectivity index (χ0v) is 19.7. The molecule has 4 heteroatoms. The Hall–Kier alpha value is -2.23. The van der Waals surface area contributed by atoms with E-state index in [9.17, 15) is 4.79 Å². The fourth-order valence-electron chi connectivity index (χ4n) is 3.63. The lowest BCUT2D eigenvalue weighted by Crippen LogP contribution is -2.09. The van der Waals surface area contributed by atoms with Crippen molar-refractivity contribution in [1.29, 1.82) is 0 Å². The van der Waals surface area contributed by atoms with E-state index in [0.717, 1.165) is 42.9 Å². The number of hydrogen-bond donors (Lipinski definition) is 0. The van der Waals surface area contributed by atoms with E-state index in [1.165, 1.54) is 44.9 Å². The average Bonchev–Trinajstić information content (AvgIpc) is 2.79. The van der Waals surface area contributed by atoms with Crippen LogP contribution in [-0.4, -0.2) is 15.9 Å². The Labute approximate surface area is 188 Å². The predicted molar refractivity (Wildman–Crippen MR) is 128 cm³/mol. The van der Waals surface area contributed by atoms with Gasteiger partial charge in [-0.25, -0.2) is 9.97 Å². The van der Waals surface area contributed by atoms with E-state index in [2.05, 4.69) is 25.8 Å². The van der Waals surface area contributed by atoms with Gasteiger partial charge in [-0.1, -0.05) is 84.3 Å². The van der Waals surface area contributed by atoms with Gasteiger partial charge in [0.1, 0.15) is 5.75 Å². The molecule has 0 aliphatic heterocycles. The molecule has 0 amide bonds. The van der Waals surface area contributed by atoms with E-state index < -0.39 is 0 Å². The third-order valence-electron chi connectivity index (χ3n) is 5.88. The van der Waals surface area contributed by atoms with Crippen LogP contribution in [0, 0.1) is 5.92 Å². The molecule has 2 rings (SSSR count). The van der Waals surface area contributed by atoms with Gasteiger partial charge < -0.3 is 4.74 Å². The molecule has 0 radical (unpaired) electrons. The number of para-hydroxylation sites is 1.